The molecule has 1 atom stereocenters. The summed E-state index contributed by atoms with van der Waals surface area (Å²) in [7, 11) is 1.67. The topological polar surface area (TPSA) is 53.1 Å². The van der Waals surface area contributed by atoms with Gasteiger partial charge in [-0.1, -0.05) is 36.4 Å². The molecule has 4 rings (SSSR count). The zero-order chi connectivity index (χ0) is 21.6. The predicted octanol–water partition coefficient (Wildman–Crippen LogP) is 2.83. The number of carbonyl (C=O) groups excluding carboxylic acids is 2. The van der Waals surface area contributed by atoms with Crippen molar-refractivity contribution in [3.63, 3.8) is 0 Å². The second kappa shape index (κ2) is 9.86. The van der Waals surface area contributed by atoms with Gasteiger partial charge in [0.15, 0.2) is 0 Å². The standard InChI is InChI=1S/C25H31N3O3/c1-31-23-11-5-10-22(18-23)26-13-15-27(16-14-26)25(30)21-9-6-12-28(19-21)24(29)17-20-7-3-2-4-8-20/h2-5,7-8,10-11,18,21H,6,9,12-17,19H2,1H3. The van der Waals surface area contributed by atoms with Crippen LogP contribution in [-0.2, 0) is 16.0 Å². The third-order valence-electron chi connectivity index (χ3n) is 6.33. The fourth-order valence-electron chi connectivity index (χ4n) is 4.54. The number of rotatable bonds is 5. The number of nitrogens with zero attached hydrogens (tertiary/aromatic N) is 3. The van der Waals surface area contributed by atoms with Crippen LogP contribution in [0.1, 0.15) is 18.4 Å². The Balaban J connectivity index is 1.30. The van der Waals surface area contributed by atoms with Crippen LogP contribution in [0, 0.1) is 5.92 Å². The normalized spacial score (nSPS) is 19.3. The van der Waals surface area contributed by atoms with Crippen molar-refractivity contribution in [1.82, 2.24) is 9.80 Å². The maximum absolute atomic E-state index is 13.2. The number of benzene rings is 2. The number of likely N-dealkylation sites (tertiary alicyclic amines) is 1. The lowest BCUT2D eigenvalue weighted by molar-refractivity contribution is -0.140. The van der Waals surface area contributed by atoms with Crippen LogP contribution in [0.3, 0.4) is 0 Å². The van der Waals surface area contributed by atoms with Gasteiger partial charge >= 0.3 is 0 Å². The fourth-order valence-corrected chi connectivity index (χ4v) is 4.54. The second-order valence-electron chi connectivity index (χ2n) is 8.36. The number of amides is 2. The molecule has 0 aliphatic carbocycles. The molecule has 0 bridgehead atoms. The van der Waals surface area contributed by atoms with Gasteiger partial charge in [0.1, 0.15) is 5.75 Å². The summed E-state index contributed by atoms with van der Waals surface area (Å²) in [5.74, 6) is 1.07. The van der Waals surface area contributed by atoms with Crippen LogP contribution >= 0.6 is 0 Å². The van der Waals surface area contributed by atoms with Gasteiger partial charge < -0.3 is 19.4 Å². The van der Waals surface area contributed by atoms with E-state index in [-0.39, 0.29) is 17.7 Å². The molecule has 2 aromatic rings. The van der Waals surface area contributed by atoms with Gasteiger partial charge in [-0.3, -0.25) is 9.59 Å². The number of piperazine rings is 1. The van der Waals surface area contributed by atoms with Crippen LogP contribution < -0.4 is 9.64 Å². The van der Waals surface area contributed by atoms with E-state index in [4.69, 9.17) is 4.74 Å². The Bertz CT molecular complexity index is 894. The lowest BCUT2D eigenvalue weighted by Crippen LogP contribution is -2.53. The zero-order valence-electron chi connectivity index (χ0n) is 18.2. The minimum absolute atomic E-state index is 0.0863. The van der Waals surface area contributed by atoms with Crippen molar-refractivity contribution in [2.45, 2.75) is 19.3 Å². The lowest BCUT2D eigenvalue weighted by Gasteiger charge is -2.39. The van der Waals surface area contributed by atoms with Gasteiger partial charge in [0.25, 0.3) is 0 Å². The average molecular weight is 422 g/mol. The van der Waals surface area contributed by atoms with E-state index in [1.54, 1.807) is 7.11 Å². The Kier molecular flexibility index (Phi) is 6.75. The zero-order valence-corrected chi connectivity index (χ0v) is 18.2. The second-order valence-corrected chi connectivity index (χ2v) is 8.36. The minimum atomic E-state index is -0.0863. The molecule has 6 heteroatoms. The molecule has 2 amide bonds. The molecule has 2 aliphatic heterocycles. The lowest BCUT2D eigenvalue weighted by atomic mass is 9.95. The van der Waals surface area contributed by atoms with Gasteiger partial charge in [-0.2, -0.15) is 0 Å². The Morgan fingerprint density at radius 3 is 2.45 bits per heavy atom. The fraction of sp³-hybridized carbons (Fsp3) is 0.440. The van der Waals surface area contributed by atoms with Crippen molar-refractivity contribution in [3.05, 3.63) is 60.2 Å². The van der Waals surface area contributed by atoms with Crippen LogP contribution in [0.25, 0.3) is 0 Å². The van der Waals surface area contributed by atoms with E-state index in [1.165, 1.54) is 0 Å². The third-order valence-corrected chi connectivity index (χ3v) is 6.33. The van der Waals surface area contributed by atoms with Crippen molar-refractivity contribution in [3.8, 4) is 5.75 Å². The Morgan fingerprint density at radius 2 is 1.71 bits per heavy atom. The van der Waals surface area contributed by atoms with Crippen LogP contribution in [0.4, 0.5) is 5.69 Å². The molecule has 0 saturated carbocycles. The van der Waals surface area contributed by atoms with Crippen molar-refractivity contribution >= 4 is 17.5 Å². The molecule has 6 nitrogen and oxygen atoms in total. The summed E-state index contributed by atoms with van der Waals surface area (Å²) < 4.78 is 5.33. The van der Waals surface area contributed by atoms with Gasteiger partial charge in [0, 0.05) is 51.0 Å². The summed E-state index contributed by atoms with van der Waals surface area (Å²) in [6.45, 7) is 4.33. The molecule has 1 unspecified atom stereocenters. The summed E-state index contributed by atoms with van der Waals surface area (Å²) in [5, 5.41) is 0. The first-order chi connectivity index (χ1) is 15.1. The smallest absolute Gasteiger partial charge is 0.227 e. The Labute approximate surface area is 184 Å². The van der Waals surface area contributed by atoms with Gasteiger partial charge in [0.05, 0.1) is 19.4 Å². The van der Waals surface area contributed by atoms with E-state index >= 15 is 0 Å². The van der Waals surface area contributed by atoms with E-state index in [9.17, 15) is 9.59 Å². The highest BCUT2D eigenvalue weighted by Gasteiger charge is 2.32. The van der Waals surface area contributed by atoms with Gasteiger partial charge in [-0.15, -0.1) is 0 Å². The molecule has 0 aromatic heterocycles. The van der Waals surface area contributed by atoms with E-state index in [0.29, 0.717) is 26.1 Å². The van der Waals surface area contributed by atoms with E-state index in [2.05, 4.69) is 11.0 Å². The highest BCUT2D eigenvalue weighted by atomic mass is 16.5. The maximum Gasteiger partial charge on any atom is 0.227 e. The van der Waals surface area contributed by atoms with Crippen molar-refractivity contribution in [2.24, 2.45) is 5.92 Å². The highest BCUT2D eigenvalue weighted by Crippen LogP contribution is 2.24. The van der Waals surface area contributed by atoms with Crippen LogP contribution in [0.2, 0.25) is 0 Å². The van der Waals surface area contributed by atoms with Crippen LogP contribution in [0.5, 0.6) is 5.75 Å². The number of piperidine rings is 1. The van der Waals surface area contributed by atoms with Gasteiger partial charge in [-0.25, -0.2) is 0 Å². The molecular formula is C25H31N3O3. The number of carbonyl (C=O) groups is 2. The summed E-state index contributed by atoms with van der Waals surface area (Å²) in [4.78, 5) is 32.1. The number of ether oxygens (including phenoxy) is 1. The maximum atomic E-state index is 13.2. The van der Waals surface area contributed by atoms with Crippen molar-refractivity contribution in [1.29, 1.82) is 0 Å². The molecule has 0 radical (unpaired) electrons. The van der Waals surface area contributed by atoms with Crippen LogP contribution in [-0.4, -0.2) is 68.0 Å². The largest absolute Gasteiger partial charge is 0.497 e. The molecule has 2 heterocycles. The number of methoxy groups -OCH3 is 1. The monoisotopic (exact) mass is 421 g/mol. The third kappa shape index (κ3) is 5.19. The molecule has 0 N–H and O–H groups in total. The number of anilines is 1. The molecule has 31 heavy (non-hydrogen) atoms. The first-order valence-electron chi connectivity index (χ1n) is 11.1. The van der Waals surface area contributed by atoms with Crippen molar-refractivity contribution < 1.29 is 14.3 Å². The molecule has 2 saturated heterocycles. The van der Waals surface area contributed by atoms with Gasteiger partial charge in [-0.05, 0) is 30.5 Å². The minimum Gasteiger partial charge on any atom is -0.497 e. The molecule has 2 aromatic carbocycles. The Morgan fingerprint density at radius 1 is 0.935 bits per heavy atom. The highest BCUT2D eigenvalue weighted by molar-refractivity contribution is 5.82. The van der Waals surface area contributed by atoms with E-state index in [0.717, 1.165) is 49.5 Å². The molecule has 2 aliphatic rings. The summed E-state index contributed by atoms with van der Waals surface area (Å²) in [5.41, 5.74) is 2.15. The van der Waals surface area contributed by atoms with Crippen LogP contribution in [0.15, 0.2) is 54.6 Å². The molecule has 164 valence electrons. The summed E-state index contributed by atoms with van der Waals surface area (Å²) in [6.07, 6.45) is 2.16. The summed E-state index contributed by atoms with van der Waals surface area (Å²) >= 11 is 0. The first-order valence-corrected chi connectivity index (χ1v) is 11.1. The van der Waals surface area contributed by atoms with Crippen molar-refractivity contribution in [2.75, 3.05) is 51.3 Å². The van der Waals surface area contributed by atoms with Gasteiger partial charge in [0.2, 0.25) is 11.8 Å². The first kappa shape index (κ1) is 21.2. The summed E-state index contributed by atoms with van der Waals surface area (Å²) in [6, 6.07) is 17.9. The quantitative estimate of drug-likeness (QED) is 0.745. The van der Waals surface area contributed by atoms with E-state index in [1.807, 2.05) is 58.3 Å². The van der Waals surface area contributed by atoms with E-state index < -0.39 is 0 Å². The molecular weight excluding hydrogens is 390 g/mol. The Hall–Kier alpha value is -3.02. The molecule has 2 fully saturated rings. The predicted molar refractivity (Wildman–Crippen MR) is 121 cm³/mol. The average Bonchev–Trinajstić information content (AvgIpc) is 2.84. The number of hydrogen-bond donors (Lipinski definition) is 0. The molecule has 0 spiro atoms. The SMILES string of the molecule is COc1cccc(N2CCN(C(=O)C3CCCN(C(=O)Cc4ccccc4)C3)CC2)c1. The number of hydrogen-bond acceptors (Lipinski definition) is 4.